The number of pyridine rings is 1. The summed E-state index contributed by atoms with van der Waals surface area (Å²) in [4.78, 5) is 38.6. The van der Waals surface area contributed by atoms with Gasteiger partial charge in [-0.2, -0.15) is 4.98 Å². The summed E-state index contributed by atoms with van der Waals surface area (Å²) >= 11 is 0. The summed E-state index contributed by atoms with van der Waals surface area (Å²) in [7, 11) is 1.68. The number of amides is 2. The number of piperazine rings is 1. The monoisotopic (exact) mass is 506 g/mol. The highest BCUT2D eigenvalue weighted by atomic mass is 16.6. The number of rotatable bonds is 7. The third kappa shape index (κ3) is 5.99. The van der Waals surface area contributed by atoms with Gasteiger partial charge < -0.3 is 19.9 Å². The molecule has 196 valence electrons. The Labute approximate surface area is 217 Å². The van der Waals surface area contributed by atoms with E-state index in [2.05, 4.69) is 39.1 Å². The van der Waals surface area contributed by atoms with E-state index in [-0.39, 0.29) is 24.1 Å². The summed E-state index contributed by atoms with van der Waals surface area (Å²) in [6.07, 6.45) is 3.79. The standard InChI is InChI=1S/C26H34N8O3/c1-6-13-37-26(36)31(5)22-9-7-21(8-10-22)29-25-28-17-33(30-25)23-11-12-27-24(14-23)32-15-18(2)34(20(4)35)19(3)16-32/h7-12,14,17-19H,6,13,15-16H2,1-5H3,(H,29,30)/t18-,19+. The molecule has 0 unspecified atom stereocenters. The van der Waals surface area contributed by atoms with Crippen LogP contribution >= 0.6 is 0 Å². The second-order valence-electron chi connectivity index (χ2n) is 9.26. The van der Waals surface area contributed by atoms with Gasteiger partial charge in [-0.15, -0.1) is 5.10 Å². The first-order valence-electron chi connectivity index (χ1n) is 12.5. The third-order valence-electron chi connectivity index (χ3n) is 6.31. The molecular formula is C26H34N8O3. The van der Waals surface area contributed by atoms with E-state index < -0.39 is 0 Å². The average Bonchev–Trinajstić information content (AvgIpc) is 3.35. The van der Waals surface area contributed by atoms with E-state index in [1.807, 2.05) is 48.2 Å². The van der Waals surface area contributed by atoms with Gasteiger partial charge in [-0.25, -0.2) is 14.5 Å². The Morgan fingerprint density at radius 2 is 1.81 bits per heavy atom. The van der Waals surface area contributed by atoms with Crippen molar-refractivity contribution in [3.8, 4) is 5.69 Å². The molecule has 4 rings (SSSR count). The molecule has 1 aliphatic rings. The van der Waals surface area contributed by atoms with E-state index >= 15 is 0 Å². The van der Waals surface area contributed by atoms with Crippen LogP contribution in [0.2, 0.25) is 0 Å². The number of ether oxygens (including phenoxy) is 1. The van der Waals surface area contributed by atoms with Crippen LogP contribution in [0.4, 0.5) is 27.9 Å². The SMILES string of the molecule is CCCOC(=O)N(C)c1ccc(Nc2ncn(-c3ccnc(N4C[C@@H](C)N(C(C)=O)[C@@H](C)C4)c3)n2)cc1. The summed E-state index contributed by atoms with van der Waals surface area (Å²) in [6, 6.07) is 11.4. The van der Waals surface area contributed by atoms with Crippen molar-refractivity contribution in [1.29, 1.82) is 0 Å². The maximum absolute atomic E-state index is 12.1. The number of hydrogen-bond acceptors (Lipinski definition) is 8. The van der Waals surface area contributed by atoms with E-state index in [1.54, 1.807) is 31.2 Å². The lowest BCUT2D eigenvalue weighted by molar-refractivity contribution is -0.133. The number of carbonyl (C=O) groups excluding carboxylic acids is 2. The van der Waals surface area contributed by atoms with Crippen LogP contribution in [0.15, 0.2) is 48.9 Å². The molecule has 0 radical (unpaired) electrons. The van der Waals surface area contributed by atoms with Gasteiger partial charge in [0.2, 0.25) is 11.9 Å². The van der Waals surface area contributed by atoms with E-state index in [1.165, 1.54) is 4.90 Å². The predicted octanol–water partition coefficient (Wildman–Crippen LogP) is 3.83. The Morgan fingerprint density at radius 3 is 2.46 bits per heavy atom. The molecule has 11 nitrogen and oxygen atoms in total. The molecule has 1 aliphatic heterocycles. The highest BCUT2D eigenvalue weighted by Gasteiger charge is 2.31. The zero-order chi connectivity index (χ0) is 26.5. The van der Waals surface area contributed by atoms with Crippen molar-refractivity contribution in [3.05, 3.63) is 48.9 Å². The molecule has 2 atom stereocenters. The van der Waals surface area contributed by atoms with Crippen molar-refractivity contribution < 1.29 is 14.3 Å². The number of nitrogens with one attached hydrogen (secondary N) is 1. The molecule has 0 spiro atoms. The van der Waals surface area contributed by atoms with Crippen LogP contribution in [-0.4, -0.2) is 75.5 Å². The lowest BCUT2D eigenvalue weighted by Crippen LogP contribution is -2.58. The second kappa shape index (κ2) is 11.3. The van der Waals surface area contributed by atoms with Crippen LogP contribution in [0.3, 0.4) is 0 Å². The fourth-order valence-electron chi connectivity index (χ4n) is 4.59. The first kappa shape index (κ1) is 25.9. The van der Waals surface area contributed by atoms with Crippen molar-refractivity contribution in [2.75, 3.05) is 41.9 Å². The van der Waals surface area contributed by atoms with Crippen LogP contribution in [0.1, 0.15) is 34.1 Å². The molecule has 0 saturated carbocycles. The van der Waals surface area contributed by atoms with Gasteiger partial charge >= 0.3 is 6.09 Å². The molecule has 3 aromatic rings. The van der Waals surface area contributed by atoms with Crippen LogP contribution < -0.4 is 15.1 Å². The predicted molar refractivity (Wildman–Crippen MR) is 143 cm³/mol. The Hall–Kier alpha value is -4.15. The molecule has 11 heteroatoms. The molecule has 0 aliphatic carbocycles. The molecule has 1 aromatic carbocycles. The normalized spacial score (nSPS) is 17.4. The number of nitrogens with zero attached hydrogens (tertiary/aromatic N) is 7. The van der Waals surface area contributed by atoms with E-state index in [4.69, 9.17) is 4.74 Å². The topological polar surface area (TPSA) is 109 Å². The van der Waals surface area contributed by atoms with Gasteiger partial charge in [0, 0.05) is 62.8 Å². The minimum absolute atomic E-state index is 0.0974. The van der Waals surface area contributed by atoms with E-state index in [9.17, 15) is 9.59 Å². The van der Waals surface area contributed by atoms with Gasteiger partial charge in [-0.3, -0.25) is 9.69 Å². The minimum Gasteiger partial charge on any atom is -0.449 e. The number of anilines is 4. The Balaban J connectivity index is 1.42. The first-order valence-corrected chi connectivity index (χ1v) is 12.5. The molecule has 2 amide bonds. The zero-order valence-corrected chi connectivity index (χ0v) is 22.0. The van der Waals surface area contributed by atoms with Gasteiger partial charge in [0.15, 0.2) is 0 Å². The Kier molecular flexibility index (Phi) is 7.90. The van der Waals surface area contributed by atoms with Gasteiger partial charge in [0.1, 0.15) is 12.1 Å². The fraction of sp³-hybridized carbons (Fsp3) is 0.423. The number of aromatic nitrogens is 4. The lowest BCUT2D eigenvalue weighted by atomic mass is 10.1. The quantitative estimate of drug-likeness (QED) is 0.515. The smallest absolute Gasteiger partial charge is 0.414 e. The summed E-state index contributed by atoms with van der Waals surface area (Å²) in [5.41, 5.74) is 2.35. The van der Waals surface area contributed by atoms with Crippen molar-refractivity contribution in [2.45, 2.75) is 46.2 Å². The number of hydrogen-bond donors (Lipinski definition) is 1. The maximum atomic E-state index is 12.1. The maximum Gasteiger partial charge on any atom is 0.414 e. The largest absolute Gasteiger partial charge is 0.449 e. The molecule has 37 heavy (non-hydrogen) atoms. The minimum atomic E-state index is -0.385. The van der Waals surface area contributed by atoms with Gasteiger partial charge in [-0.05, 0) is 50.6 Å². The summed E-state index contributed by atoms with van der Waals surface area (Å²) < 4.78 is 6.87. The highest BCUT2D eigenvalue weighted by Crippen LogP contribution is 2.24. The van der Waals surface area contributed by atoms with Crippen molar-refractivity contribution in [1.82, 2.24) is 24.6 Å². The van der Waals surface area contributed by atoms with Crippen LogP contribution in [0, 0.1) is 0 Å². The number of benzene rings is 1. The summed E-state index contributed by atoms with van der Waals surface area (Å²) in [5, 5.41) is 7.74. The van der Waals surface area contributed by atoms with Crippen molar-refractivity contribution in [2.24, 2.45) is 0 Å². The van der Waals surface area contributed by atoms with Gasteiger partial charge in [0.25, 0.3) is 0 Å². The van der Waals surface area contributed by atoms with Crippen LogP contribution in [0.25, 0.3) is 5.69 Å². The molecule has 0 bridgehead atoms. The van der Waals surface area contributed by atoms with Crippen molar-refractivity contribution >= 4 is 35.1 Å². The van der Waals surface area contributed by atoms with Gasteiger partial charge in [-0.1, -0.05) is 6.92 Å². The van der Waals surface area contributed by atoms with Gasteiger partial charge in [0.05, 0.1) is 12.3 Å². The Bertz CT molecular complexity index is 1220. The number of carbonyl (C=O) groups is 2. The molecule has 1 fully saturated rings. The van der Waals surface area contributed by atoms with Crippen LogP contribution in [-0.2, 0) is 9.53 Å². The summed E-state index contributed by atoms with van der Waals surface area (Å²) in [5.74, 6) is 1.38. The second-order valence-corrected chi connectivity index (χ2v) is 9.26. The average molecular weight is 507 g/mol. The van der Waals surface area contributed by atoms with Crippen molar-refractivity contribution in [3.63, 3.8) is 0 Å². The lowest BCUT2D eigenvalue weighted by Gasteiger charge is -2.44. The zero-order valence-electron chi connectivity index (χ0n) is 22.0. The summed E-state index contributed by atoms with van der Waals surface area (Å²) in [6.45, 7) is 9.52. The highest BCUT2D eigenvalue weighted by molar-refractivity contribution is 5.87. The van der Waals surface area contributed by atoms with E-state index in [0.29, 0.717) is 25.6 Å². The fourth-order valence-corrected chi connectivity index (χ4v) is 4.59. The first-order chi connectivity index (χ1) is 17.8. The molecular weight excluding hydrogens is 472 g/mol. The Morgan fingerprint density at radius 1 is 1.11 bits per heavy atom. The van der Waals surface area contributed by atoms with E-state index in [0.717, 1.165) is 29.3 Å². The molecule has 3 heterocycles. The van der Waals surface area contributed by atoms with Crippen LogP contribution in [0.5, 0.6) is 0 Å². The third-order valence-corrected chi connectivity index (χ3v) is 6.31. The molecule has 2 aromatic heterocycles. The molecule has 1 N–H and O–H groups in total. The molecule has 1 saturated heterocycles.